The molecule has 1 N–H and O–H groups in total. The number of rotatable bonds is 12. The number of para-hydroxylation sites is 2. The van der Waals surface area contributed by atoms with E-state index in [1.165, 1.54) is 45.6 Å². The molecule has 1 aromatic carbocycles. The van der Waals surface area contributed by atoms with Crippen molar-refractivity contribution in [2.24, 2.45) is 0 Å². The van der Waals surface area contributed by atoms with Gasteiger partial charge < -0.3 is 19.5 Å². The number of ether oxygens (including phenoxy) is 1. The van der Waals surface area contributed by atoms with E-state index in [1.54, 1.807) is 0 Å². The van der Waals surface area contributed by atoms with Crippen LogP contribution in [0.15, 0.2) is 24.3 Å². The van der Waals surface area contributed by atoms with Gasteiger partial charge in [0.05, 0.1) is 11.0 Å². The summed E-state index contributed by atoms with van der Waals surface area (Å²) in [5.41, 5.74) is 2.02. The average Bonchev–Trinajstić information content (AvgIpc) is 3.24. The van der Waals surface area contributed by atoms with Crippen molar-refractivity contribution in [3.8, 4) is 0 Å². The number of unbranched alkanes of at least 4 members (excludes halogenated alkanes) is 2. The zero-order valence-electron chi connectivity index (χ0n) is 22.1. The Bertz CT molecular complexity index is 958. The van der Waals surface area contributed by atoms with Gasteiger partial charge in [0.1, 0.15) is 19.0 Å². The minimum atomic E-state index is -0.0710. The second-order valence-electron chi connectivity index (χ2n) is 10.6. The molecule has 2 aliphatic carbocycles. The maximum atomic E-state index is 14.0. The van der Waals surface area contributed by atoms with Gasteiger partial charge in [-0.25, -0.2) is 4.98 Å². The van der Waals surface area contributed by atoms with Gasteiger partial charge in [0.25, 0.3) is 0 Å². The van der Waals surface area contributed by atoms with Gasteiger partial charge in [-0.2, -0.15) is 0 Å². The number of fused-ring (bicyclic) bond motifs is 1. The molecule has 2 aromatic rings. The minimum Gasteiger partial charge on any atom is -0.375 e. The molecule has 2 fully saturated rings. The second kappa shape index (κ2) is 13.8. The van der Waals surface area contributed by atoms with Crippen LogP contribution in [0.5, 0.6) is 0 Å². The molecule has 0 unspecified atom stereocenters. The summed E-state index contributed by atoms with van der Waals surface area (Å²) in [6, 6.07) is 9.00. The van der Waals surface area contributed by atoms with E-state index in [0.29, 0.717) is 25.2 Å². The summed E-state index contributed by atoms with van der Waals surface area (Å²) in [5.74, 6) is 1.21. The molecule has 0 atom stereocenters. The number of imidazole rings is 1. The lowest BCUT2D eigenvalue weighted by Gasteiger charge is -2.42. The van der Waals surface area contributed by atoms with Crippen LogP contribution in [0.3, 0.4) is 0 Å². The lowest BCUT2D eigenvalue weighted by atomic mass is 9.88. The van der Waals surface area contributed by atoms with Crippen molar-refractivity contribution in [1.29, 1.82) is 0 Å². The Balaban J connectivity index is 1.43. The zero-order chi connectivity index (χ0) is 25.2. The predicted molar refractivity (Wildman–Crippen MR) is 143 cm³/mol. The highest BCUT2D eigenvalue weighted by molar-refractivity contribution is 5.81. The number of hydrogen-bond acceptors (Lipinski definition) is 4. The molecule has 4 rings (SSSR count). The average molecular weight is 497 g/mol. The highest BCUT2D eigenvalue weighted by Crippen LogP contribution is 2.31. The van der Waals surface area contributed by atoms with Crippen LogP contribution in [0.1, 0.15) is 89.3 Å². The largest absolute Gasteiger partial charge is 0.375 e. The first kappa shape index (κ1) is 26.6. The first-order chi connectivity index (χ1) is 17.7. The van der Waals surface area contributed by atoms with Gasteiger partial charge in [-0.1, -0.05) is 57.1 Å². The second-order valence-corrected chi connectivity index (χ2v) is 10.6. The summed E-state index contributed by atoms with van der Waals surface area (Å²) in [6.07, 6.45) is 15.9. The Morgan fingerprint density at radius 2 is 1.64 bits per heavy atom. The number of hydrogen-bond donors (Lipinski definition) is 1. The molecule has 1 aromatic heterocycles. The SMILES string of the molecule is COCC(=O)NCCCCCc1nc2ccccc2n1CC(=O)N(C1CCCCC1)C1CCCCC1. The summed E-state index contributed by atoms with van der Waals surface area (Å²) >= 11 is 0. The van der Waals surface area contributed by atoms with Crippen molar-refractivity contribution < 1.29 is 14.3 Å². The van der Waals surface area contributed by atoms with Gasteiger partial charge in [0.2, 0.25) is 11.8 Å². The third-order valence-corrected chi connectivity index (χ3v) is 7.93. The molecule has 36 heavy (non-hydrogen) atoms. The summed E-state index contributed by atoms with van der Waals surface area (Å²) in [6.45, 7) is 1.15. The molecule has 198 valence electrons. The van der Waals surface area contributed by atoms with E-state index in [0.717, 1.165) is 68.2 Å². The van der Waals surface area contributed by atoms with Gasteiger partial charge >= 0.3 is 0 Å². The van der Waals surface area contributed by atoms with Crippen LogP contribution in [-0.2, 0) is 27.3 Å². The molecule has 0 spiro atoms. The first-order valence-electron chi connectivity index (χ1n) is 14.2. The van der Waals surface area contributed by atoms with E-state index in [-0.39, 0.29) is 18.4 Å². The first-order valence-corrected chi connectivity index (χ1v) is 14.2. The molecule has 1 heterocycles. The van der Waals surface area contributed by atoms with Crippen LogP contribution in [0, 0.1) is 0 Å². The molecule has 2 saturated carbocycles. The topological polar surface area (TPSA) is 76.5 Å². The molecule has 7 nitrogen and oxygen atoms in total. The number of methoxy groups -OCH3 is 1. The van der Waals surface area contributed by atoms with Crippen LogP contribution in [-0.4, -0.2) is 58.6 Å². The lowest BCUT2D eigenvalue weighted by Crippen LogP contribution is -2.50. The number of amides is 2. The number of nitrogens with zero attached hydrogens (tertiary/aromatic N) is 3. The van der Waals surface area contributed by atoms with Gasteiger partial charge in [-0.05, 0) is 50.7 Å². The molecule has 7 heteroatoms. The molecule has 0 radical (unpaired) electrons. The quantitative estimate of drug-likeness (QED) is 0.419. The third-order valence-electron chi connectivity index (χ3n) is 7.93. The maximum absolute atomic E-state index is 14.0. The van der Waals surface area contributed by atoms with E-state index in [9.17, 15) is 9.59 Å². The number of carbonyl (C=O) groups is 2. The van der Waals surface area contributed by atoms with Crippen molar-refractivity contribution in [3.63, 3.8) is 0 Å². The van der Waals surface area contributed by atoms with Crippen LogP contribution >= 0.6 is 0 Å². The van der Waals surface area contributed by atoms with Gasteiger partial charge in [0, 0.05) is 32.2 Å². The van der Waals surface area contributed by atoms with Crippen molar-refractivity contribution in [3.05, 3.63) is 30.1 Å². The Labute approximate surface area is 216 Å². The lowest BCUT2D eigenvalue weighted by molar-refractivity contribution is -0.138. The van der Waals surface area contributed by atoms with Crippen LogP contribution in [0.25, 0.3) is 11.0 Å². The van der Waals surface area contributed by atoms with Crippen molar-refractivity contribution >= 4 is 22.8 Å². The Morgan fingerprint density at radius 1 is 0.972 bits per heavy atom. The Hall–Kier alpha value is -2.41. The standard InChI is InChI=1S/C29H44N4O3/c1-36-22-28(34)30-20-12-4-9-19-27-31-25-17-10-11-18-26(25)32(27)21-29(35)33(23-13-5-2-6-14-23)24-15-7-3-8-16-24/h10-11,17-18,23-24H,2-9,12-16,19-22H2,1H3,(H,30,34). The molecule has 2 aliphatic rings. The van der Waals surface area contributed by atoms with Crippen molar-refractivity contribution in [1.82, 2.24) is 19.8 Å². The van der Waals surface area contributed by atoms with Gasteiger partial charge in [-0.3, -0.25) is 9.59 Å². The number of nitrogens with one attached hydrogen (secondary N) is 1. The number of benzene rings is 1. The molecular formula is C29H44N4O3. The molecular weight excluding hydrogens is 452 g/mol. The van der Waals surface area contributed by atoms with E-state index in [4.69, 9.17) is 9.72 Å². The normalized spacial score (nSPS) is 17.4. The molecule has 0 aliphatic heterocycles. The fourth-order valence-corrected chi connectivity index (χ4v) is 6.13. The highest BCUT2D eigenvalue weighted by Gasteiger charge is 2.32. The van der Waals surface area contributed by atoms with Crippen molar-refractivity contribution in [2.45, 2.75) is 109 Å². The Kier molecular flexibility index (Phi) is 10.2. The van der Waals surface area contributed by atoms with Gasteiger partial charge in [0.15, 0.2) is 0 Å². The highest BCUT2D eigenvalue weighted by atomic mass is 16.5. The summed E-state index contributed by atoms with van der Waals surface area (Å²) < 4.78 is 7.03. The van der Waals surface area contributed by atoms with Gasteiger partial charge in [-0.15, -0.1) is 0 Å². The van der Waals surface area contributed by atoms with E-state index < -0.39 is 0 Å². The predicted octanol–water partition coefficient (Wildman–Crippen LogP) is 5.01. The summed E-state index contributed by atoms with van der Waals surface area (Å²) in [7, 11) is 1.53. The Morgan fingerprint density at radius 3 is 2.31 bits per heavy atom. The van der Waals surface area contributed by atoms with Crippen LogP contribution < -0.4 is 5.32 Å². The fourth-order valence-electron chi connectivity index (χ4n) is 6.13. The number of carbonyl (C=O) groups excluding carboxylic acids is 2. The van der Waals surface area contributed by atoms with E-state index in [1.807, 2.05) is 18.2 Å². The minimum absolute atomic E-state index is 0.0710. The number of aryl methyl sites for hydroxylation is 1. The van der Waals surface area contributed by atoms with Crippen molar-refractivity contribution in [2.75, 3.05) is 20.3 Å². The van der Waals surface area contributed by atoms with Crippen LogP contribution in [0.2, 0.25) is 0 Å². The fraction of sp³-hybridized carbons (Fsp3) is 0.690. The smallest absolute Gasteiger partial charge is 0.245 e. The number of aromatic nitrogens is 2. The van der Waals surface area contributed by atoms with E-state index in [2.05, 4.69) is 20.9 Å². The monoisotopic (exact) mass is 496 g/mol. The summed E-state index contributed by atoms with van der Waals surface area (Å²) in [5, 5.41) is 2.88. The maximum Gasteiger partial charge on any atom is 0.245 e. The summed E-state index contributed by atoms with van der Waals surface area (Å²) in [4.78, 5) is 32.8. The third kappa shape index (κ3) is 7.09. The van der Waals surface area contributed by atoms with E-state index >= 15 is 0 Å². The molecule has 0 saturated heterocycles. The van der Waals surface area contributed by atoms with Crippen LogP contribution in [0.4, 0.5) is 0 Å². The molecule has 0 bridgehead atoms. The molecule has 2 amide bonds. The zero-order valence-corrected chi connectivity index (χ0v) is 22.1.